The van der Waals surface area contributed by atoms with Crippen LogP contribution in [0.2, 0.25) is 0 Å². The molecule has 2 N–H and O–H groups in total. The van der Waals surface area contributed by atoms with Gasteiger partial charge < -0.3 is 10.4 Å². The van der Waals surface area contributed by atoms with Gasteiger partial charge in [-0.25, -0.2) is 8.42 Å². The zero-order valence-electron chi connectivity index (χ0n) is 11.8. The fraction of sp³-hybridized carbons (Fsp3) is 0.400. The summed E-state index contributed by atoms with van der Waals surface area (Å²) in [5.41, 5.74) is 0.534. The van der Waals surface area contributed by atoms with E-state index in [9.17, 15) is 13.2 Å². The average molecular weight is 309 g/mol. The van der Waals surface area contributed by atoms with Crippen LogP contribution in [0.15, 0.2) is 41.3 Å². The number of benzene rings is 1. The maximum absolute atomic E-state index is 12.2. The van der Waals surface area contributed by atoms with Gasteiger partial charge in [-0.3, -0.25) is 4.79 Å². The Labute approximate surface area is 124 Å². The fourth-order valence-corrected chi connectivity index (χ4v) is 3.93. The van der Waals surface area contributed by atoms with Crippen molar-refractivity contribution in [2.24, 2.45) is 5.92 Å². The van der Waals surface area contributed by atoms with Crippen molar-refractivity contribution in [1.29, 1.82) is 0 Å². The van der Waals surface area contributed by atoms with E-state index >= 15 is 0 Å². The Balaban J connectivity index is 2.19. The lowest BCUT2D eigenvalue weighted by molar-refractivity contribution is -0.140. The topological polar surface area (TPSA) is 83.5 Å². The van der Waals surface area contributed by atoms with Gasteiger partial charge in [0.15, 0.2) is 9.84 Å². The monoisotopic (exact) mass is 309 g/mol. The summed E-state index contributed by atoms with van der Waals surface area (Å²) in [6, 6.07) is 6.59. The number of carboxylic acid groups (broad SMARTS) is 1. The standard InChI is InChI=1S/C15H19NO4S/c1-2-9-21(19,20)14-6-4-3-5-13(14)16-12-8-7-11(10-12)15(17)18/h3-8,11-12,16H,2,9-10H2,1H3,(H,17,18). The molecule has 0 saturated heterocycles. The molecule has 114 valence electrons. The predicted octanol–water partition coefficient (Wildman–Crippen LogP) is 2.31. The van der Waals surface area contributed by atoms with E-state index in [1.807, 2.05) is 6.92 Å². The summed E-state index contributed by atoms with van der Waals surface area (Å²) in [5, 5.41) is 12.1. The number of aliphatic carboxylic acids is 1. The lowest BCUT2D eigenvalue weighted by Crippen LogP contribution is -2.20. The lowest BCUT2D eigenvalue weighted by atomic mass is 10.1. The summed E-state index contributed by atoms with van der Waals surface area (Å²) >= 11 is 0. The zero-order valence-corrected chi connectivity index (χ0v) is 12.6. The molecule has 0 aromatic heterocycles. The first kappa shape index (κ1) is 15.6. The van der Waals surface area contributed by atoms with Crippen molar-refractivity contribution in [3.63, 3.8) is 0 Å². The number of para-hydroxylation sites is 1. The molecule has 0 aliphatic heterocycles. The maximum atomic E-state index is 12.2. The van der Waals surface area contributed by atoms with Crippen molar-refractivity contribution in [2.45, 2.75) is 30.7 Å². The van der Waals surface area contributed by atoms with E-state index in [1.54, 1.807) is 36.4 Å². The second-order valence-electron chi connectivity index (χ2n) is 5.13. The van der Waals surface area contributed by atoms with Gasteiger partial charge in [-0.15, -0.1) is 0 Å². The average Bonchev–Trinajstić information content (AvgIpc) is 2.88. The molecule has 21 heavy (non-hydrogen) atoms. The van der Waals surface area contributed by atoms with Gasteiger partial charge in [-0.2, -0.15) is 0 Å². The second kappa shape index (κ2) is 6.30. The molecule has 0 radical (unpaired) electrons. The Bertz CT molecular complexity index is 651. The number of carboxylic acids is 1. The third-order valence-electron chi connectivity index (χ3n) is 3.44. The van der Waals surface area contributed by atoms with Crippen molar-refractivity contribution >= 4 is 21.5 Å². The van der Waals surface area contributed by atoms with Crippen LogP contribution in [0.3, 0.4) is 0 Å². The van der Waals surface area contributed by atoms with Crippen LogP contribution in [0, 0.1) is 5.92 Å². The molecule has 1 aliphatic rings. The number of hydrogen-bond donors (Lipinski definition) is 2. The van der Waals surface area contributed by atoms with Crippen molar-refractivity contribution in [1.82, 2.24) is 0 Å². The van der Waals surface area contributed by atoms with Crippen LogP contribution in [0.4, 0.5) is 5.69 Å². The van der Waals surface area contributed by atoms with Gasteiger partial charge in [0.05, 0.1) is 22.3 Å². The molecule has 1 aliphatic carbocycles. The van der Waals surface area contributed by atoms with E-state index in [1.165, 1.54) is 0 Å². The summed E-state index contributed by atoms with van der Waals surface area (Å²) < 4.78 is 24.5. The normalized spacial score (nSPS) is 21.4. The predicted molar refractivity (Wildman–Crippen MR) is 81.1 cm³/mol. The molecule has 0 spiro atoms. The number of carbonyl (C=O) groups is 1. The van der Waals surface area contributed by atoms with E-state index in [4.69, 9.17) is 5.11 Å². The summed E-state index contributed by atoms with van der Waals surface area (Å²) in [5.74, 6) is -1.27. The highest BCUT2D eigenvalue weighted by atomic mass is 32.2. The zero-order chi connectivity index (χ0) is 15.5. The van der Waals surface area contributed by atoms with Crippen LogP contribution in [-0.2, 0) is 14.6 Å². The Morgan fingerprint density at radius 2 is 2.05 bits per heavy atom. The molecule has 0 amide bonds. The highest BCUT2D eigenvalue weighted by Gasteiger charge is 2.26. The second-order valence-corrected chi connectivity index (χ2v) is 7.21. The molecular formula is C15H19NO4S. The molecular weight excluding hydrogens is 290 g/mol. The molecule has 5 nitrogen and oxygen atoms in total. The van der Waals surface area contributed by atoms with Gasteiger partial charge in [0.2, 0.25) is 0 Å². The molecule has 2 rings (SSSR count). The Morgan fingerprint density at radius 3 is 2.67 bits per heavy atom. The Kier molecular flexibility index (Phi) is 4.67. The summed E-state index contributed by atoms with van der Waals surface area (Å²) in [7, 11) is -3.32. The first-order valence-corrected chi connectivity index (χ1v) is 8.58. The van der Waals surface area contributed by atoms with Crippen molar-refractivity contribution in [2.75, 3.05) is 11.1 Å². The van der Waals surface area contributed by atoms with E-state index in [0.29, 0.717) is 18.5 Å². The van der Waals surface area contributed by atoms with E-state index < -0.39 is 21.7 Å². The highest BCUT2D eigenvalue weighted by molar-refractivity contribution is 7.91. The number of nitrogens with one attached hydrogen (secondary N) is 1. The van der Waals surface area contributed by atoms with Crippen LogP contribution in [0.5, 0.6) is 0 Å². The van der Waals surface area contributed by atoms with Crippen LogP contribution in [0.1, 0.15) is 19.8 Å². The summed E-state index contributed by atoms with van der Waals surface area (Å²) in [6.07, 6.45) is 4.41. The van der Waals surface area contributed by atoms with E-state index in [2.05, 4.69) is 5.32 Å². The molecule has 0 heterocycles. The minimum Gasteiger partial charge on any atom is -0.481 e. The van der Waals surface area contributed by atoms with Crippen molar-refractivity contribution < 1.29 is 18.3 Å². The summed E-state index contributed by atoms with van der Waals surface area (Å²) in [4.78, 5) is 11.2. The number of anilines is 1. The van der Waals surface area contributed by atoms with Gasteiger partial charge in [-0.1, -0.05) is 31.2 Å². The van der Waals surface area contributed by atoms with Gasteiger partial charge in [0, 0.05) is 6.04 Å². The first-order chi connectivity index (χ1) is 9.94. The van der Waals surface area contributed by atoms with E-state index in [-0.39, 0.29) is 16.7 Å². The molecule has 0 fully saturated rings. The molecule has 2 unspecified atom stereocenters. The SMILES string of the molecule is CCCS(=O)(=O)c1ccccc1NC1C=CC(C(=O)O)C1. The minimum atomic E-state index is -3.32. The number of hydrogen-bond acceptors (Lipinski definition) is 4. The number of sulfone groups is 1. The van der Waals surface area contributed by atoms with Crippen LogP contribution in [-0.4, -0.2) is 31.3 Å². The highest BCUT2D eigenvalue weighted by Crippen LogP contribution is 2.27. The fourth-order valence-electron chi connectivity index (χ4n) is 2.42. The third-order valence-corrected chi connectivity index (χ3v) is 5.41. The molecule has 0 bridgehead atoms. The summed E-state index contributed by atoms with van der Waals surface area (Å²) in [6.45, 7) is 1.82. The van der Waals surface area contributed by atoms with Gasteiger partial charge in [0.25, 0.3) is 0 Å². The number of rotatable bonds is 6. The lowest BCUT2D eigenvalue weighted by Gasteiger charge is -2.17. The minimum absolute atomic E-state index is 0.101. The van der Waals surface area contributed by atoms with Crippen LogP contribution < -0.4 is 5.32 Å². The first-order valence-electron chi connectivity index (χ1n) is 6.93. The van der Waals surface area contributed by atoms with Gasteiger partial charge >= 0.3 is 5.97 Å². The van der Waals surface area contributed by atoms with Crippen LogP contribution >= 0.6 is 0 Å². The quantitative estimate of drug-likeness (QED) is 0.788. The van der Waals surface area contributed by atoms with Gasteiger partial charge in [-0.05, 0) is 25.0 Å². The van der Waals surface area contributed by atoms with Crippen LogP contribution in [0.25, 0.3) is 0 Å². The van der Waals surface area contributed by atoms with Crippen molar-refractivity contribution in [3.05, 3.63) is 36.4 Å². The van der Waals surface area contributed by atoms with E-state index in [0.717, 1.165) is 0 Å². The Morgan fingerprint density at radius 1 is 1.33 bits per heavy atom. The molecule has 0 saturated carbocycles. The smallest absolute Gasteiger partial charge is 0.310 e. The maximum Gasteiger partial charge on any atom is 0.310 e. The molecule has 2 atom stereocenters. The molecule has 1 aromatic rings. The third kappa shape index (κ3) is 3.64. The largest absolute Gasteiger partial charge is 0.481 e. The molecule has 6 heteroatoms. The van der Waals surface area contributed by atoms with Crippen molar-refractivity contribution in [3.8, 4) is 0 Å². The van der Waals surface area contributed by atoms with Gasteiger partial charge in [0.1, 0.15) is 0 Å². The molecule has 1 aromatic carbocycles. The Hall–Kier alpha value is -1.82.